The SMILES string of the molecule is O=C(NC1CCC(C(=O)O)CC1)c1ccc(Cl)c(Cl)c1. The molecule has 2 N–H and O–H groups in total. The lowest BCUT2D eigenvalue weighted by molar-refractivity contribution is -0.142. The van der Waals surface area contributed by atoms with E-state index in [-0.39, 0.29) is 17.9 Å². The van der Waals surface area contributed by atoms with Gasteiger partial charge in [0.1, 0.15) is 0 Å². The van der Waals surface area contributed by atoms with Gasteiger partial charge in [0.15, 0.2) is 0 Å². The number of carboxylic acids is 1. The Labute approximate surface area is 127 Å². The second-order valence-electron chi connectivity index (χ2n) is 4.99. The molecule has 0 atom stereocenters. The highest BCUT2D eigenvalue weighted by molar-refractivity contribution is 6.42. The Hall–Kier alpha value is -1.26. The lowest BCUT2D eigenvalue weighted by Crippen LogP contribution is -2.38. The van der Waals surface area contributed by atoms with E-state index in [1.165, 1.54) is 6.07 Å². The number of carboxylic acid groups (broad SMARTS) is 1. The molecule has 1 aliphatic carbocycles. The number of carbonyl (C=O) groups excluding carboxylic acids is 1. The molecule has 108 valence electrons. The zero-order chi connectivity index (χ0) is 14.7. The van der Waals surface area contributed by atoms with Crippen LogP contribution in [0.4, 0.5) is 0 Å². The van der Waals surface area contributed by atoms with E-state index < -0.39 is 5.97 Å². The molecule has 1 amide bonds. The normalized spacial score (nSPS) is 22.3. The van der Waals surface area contributed by atoms with Crippen LogP contribution in [0.2, 0.25) is 10.0 Å². The molecule has 6 heteroatoms. The van der Waals surface area contributed by atoms with Crippen LogP contribution in [0.15, 0.2) is 18.2 Å². The van der Waals surface area contributed by atoms with Gasteiger partial charge in [-0.1, -0.05) is 23.2 Å². The third-order valence-electron chi connectivity index (χ3n) is 3.59. The number of hydrogen-bond acceptors (Lipinski definition) is 2. The largest absolute Gasteiger partial charge is 0.481 e. The number of aliphatic carboxylic acids is 1. The summed E-state index contributed by atoms with van der Waals surface area (Å²) < 4.78 is 0. The summed E-state index contributed by atoms with van der Waals surface area (Å²) in [5.74, 6) is -1.24. The fourth-order valence-electron chi connectivity index (χ4n) is 2.39. The quantitative estimate of drug-likeness (QED) is 0.898. The molecule has 1 fully saturated rings. The minimum atomic E-state index is -0.751. The van der Waals surface area contributed by atoms with E-state index in [2.05, 4.69) is 5.32 Å². The summed E-state index contributed by atoms with van der Waals surface area (Å²) in [5, 5.41) is 12.6. The van der Waals surface area contributed by atoms with E-state index in [1.807, 2.05) is 0 Å². The Bertz CT molecular complexity index is 525. The van der Waals surface area contributed by atoms with Crippen molar-refractivity contribution in [2.75, 3.05) is 0 Å². The van der Waals surface area contributed by atoms with Gasteiger partial charge in [0.05, 0.1) is 16.0 Å². The molecule has 20 heavy (non-hydrogen) atoms. The molecule has 1 aliphatic rings. The molecule has 0 spiro atoms. The van der Waals surface area contributed by atoms with Gasteiger partial charge in [-0.2, -0.15) is 0 Å². The van der Waals surface area contributed by atoms with Crippen molar-refractivity contribution in [1.82, 2.24) is 5.32 Å². The number of rotatable bonds is 3. The van der Waals surface area contributed by atoms with Crippen LogP contribution < -0.4 is 5.32 Å². The molecule has 0 heterocycles. The van der Waals surface area contributed by atoms with Crippen molar-refractivity contribution in [2.45, 2.75) is 31.7 Å². The average molecular weight is 316 g/mol. The van der Waals surface area contributed by atoms with Crippen molar-refractivity contribution >= 4 is 35.1 Å². The zero-order valence-electron chi connectivity index (χ0n) is 10.7. The van der Waals surface area contributed by atoms with Crippen LogP contribution in [0, 0.1) is 5.92 Å². The van der Waals surface area contributed by atoms with E-state index >= 15 is 0 Å². The lowest BCUT2D eigenvalue weighted by atomic mass is 9.86. The molecule has 2 rings (SSSR count). The molecule has 1 saturated carbocycles. The molecular formula is C14H15Cl2NO3. The van der Waals surface area contributed by atoms with Crippen molar-refractivity contribution in [1.29, 1.82) is 0 Å². The summed E-state index contributed by atoms with van der Waals surface area (Å²) in [5.41, 5.74) is 0.458. The maximum absolute atomic E-state index is 12.1. The number of nitrogens with one attached hydrogen (secondary N) is 1. The van der Waals surface area contributed by atoms with Crippen LogP contribution in [-0.4, -0.2) is 23.0 Å². The topological polar surface area (TPSA) is 66.4 Å². The highest BCUT2D eigenvalue weighted by Gasteiger charge is 2.26. The van der Waals surface area contributed by atoms with E-state index in [4.69, 9.17) is 28.3 Å². The maximum atomic E-state index is 12.1. The van der Waals surface area contributed by atoms with Crippen molar-refractivity contribution in [3.63, 3.8) is 0 Å². The standard InChI is InChI=1S/C14H15Cl2NO3/c15-11-6-3-9(7-12(11)16)13(18)17-10-4-1-8(2-5-10)14(19)20/h3,6-8,10H,1-2,4-5H2,(H,17,18)(H,19,20). The second kappa shape index (κ2) is 6.46. The first kappa shape index (κ1) is 15.1. The summed E-state index contributed by atoms with van der Waals surface area (Å²) >= 11 is 11.7. The molecule has 0 unspecified atom stereocenters. The van der Waals surface area contributed by atoms with E-state index in [0.29, 0.717) is 41.3 Å². The molecule has 4 nitrogen and oxygen atoms in total. The van der Waals surface area contributed by atoms with Gasteiger partial charge in [-0.3, -0.25) is 9.59 Å². The predicted octanol–water partition coefficient (Wildman–Crippen LogP) is 3.37. The van der Waals surface area contributed by atoms with Crippen LogP contribution in [0.25, 0.3) is 0 Å². The van der Waals surface area contributed by atoms with Gasteiger partial charge in [0, 0.05) is 11.6 Å². The number of hydrogen-bond donors (Lipinski definition) is 2. The summed E-state index contributed by atoms with van der Waals surface area (Å²) in [4.78, 5) is 22.9. The van der Waals surface area contributed by atoms with Crippen molar-refractivity contribution in [3.8, 4) is 0 Å². The zero-order valence-corrected chi connectivity index (χ0v) is 12.2. The highest BCUT2D eigenvalue weighted by Crippen LogP contribution is 2.25. The Morgan fingerprint density at radius 1 is 1.10 bits per heavy atom. The smallest absolute Gasteiger partial charge is 0.306 e. The fourth-order valence-corrected chi connectivity index (χ4v) is 2.69. The molecule has 0 radical (unpaired) electrons. The summed E-state index contributed by atoms with van der Waals surface area (Å²) in [6, 6.07) is 4.75. The van der Waals surface area contributed by atoms with Gasteiger partial charge in [0.2, 0.25) is 0 Å². The van der Waals surface area contributed by atoms with E-state index in [0.717, 1.165) is 0 Å². The number of amides is 1. The Morgan fingerprint density at radius 2 is 1.75 bits per heavy atom. The molecule has 0 aromatic heterocycles. The first-order chi connectivity index (χ1) is 9.47. The van der Waals surface area contributed by atoms with Crippen molar-refractivity contribution < 1.29 is 14.7 Å². The summed E-state index contributed by atoms with van der Waals surface area (Å²) in [7, 11) is 0. The summed E-state index contributed by atoms with van der Waals surface area (Å²) in [6.45, 7) is 0. The third kappa shape index (κ3) is 3.64. The van der Waals surface area contributed by atoms with Gasteiger partial charge >= 0.3 is 5.97 Å². The van der Waals surface area contributed by atoms with Crippen molar-refractivity contribution in [3.05, 3.63) is 33.8 Å². The first-order valence-electron chi connectivity index (χ1n) is 6.46. The molecule has 1 aromatic rings. The predicted molar refractivity (Wildman–Crippen MR) is 77.3 cm³/mol. The van der Waals surface area contributed by atoms with Crippen LogP contribution in [0.1, 0.15) is 36.0 Å². The van der Waals surface area contributed by atoms with Gasteiger partial charge in [0.25, 0.3) is 5.91 Å². The number of carbonyl (C=O) groups is 2. The van der Waals surface area contributed by atoms with Crippen LogP contribution in [0.3, 0.4) is 0 Å². The highest BCUT2D eigenvalue weighted by atomic mass is 35.5. The third-order valence-corrected chi connectivity index (χ3v) is 4.33. The summed E-state index contributed by atoms with van der Waals surface area (Å²) in [6.07, 6.45) is 2.57. The van der Waals surface area contributed by atoms with Gasteiger partial charge < -0.3 is 10.4 Å². The monoisotopic (exact) mass is 315 g/mol. The van der Waals surface area contributed by atoms with Crippen LogP contribution >= 0.6 is 23.2 Å². The maximum Gasteiger partial charge on any atom is 0.306 e. The lowest BCUT2D eigenvalue weighted by Gasteiger charge is -2.26. The molecular weight excluding hydrogens is 301 g/mol. The van der Waals surface area contributed by atoms with Gasteiger partial charge in [-0.05, 0) is 43.9 Å². The minimum absolute atomic E-state index is 0.0209. The van der Waals surface area contributed by atoms with E-state index in [9.17, 15) is 9.59 Å². The fraction of sp³-hybridized carbons (Fsp3) is 0.429. The van der Waals surface area contributed by atoms with Crippen LogP contribution in [-0.2, 0) is 4.79 Å². The van der Waals surface area contributed by atoms with E-state index in [1.54, 1.807) is 12.1 Å². The molecule has 0 bridgehead atoms. The Morgan fingerprint density at radius 3 is 2.30 bits per heavy atom. The number of benzene rings is 1. The van der Waals surface area contributed by atoms with Crippen molar-refractivity contribution in [2.24, 2.45) is 5.92 Å². The second-order valence-corrected chi connectivity index (χ2v) is 5.80. The van der Waals surface area contributed by atoms with Gasteiger partial charge in [-0.25, -0.2) is 0 Å². The first-order valence-corrected chi connectivity index (χ1v) is 7.21. The molecule has 0 saturated heterocycles. The number of halogens is 2. The average Bonchev–Trinajstić information content (AvgIpc) is 2.42. The minimum Gasteiger partial charge on any atom is -0.481 e. The Balaban J connectivity index is 1.92. The molecule has 0 aliphatic heterocycles. The Kier molecular flexibility index (Phi) is 4.89. The van der Waals surface area contributed by atoms with Crippen LogP contribution in [0.5, 0.6) is 0 Å². The molecule has 1 aromatic carbocycles. The van der Waals surface area contributed by atoms with Gasteiger partial charge in [-0.15, -0.1) is 0 Å².